The zero-order valence-corrected chi connectivity index (χ0v) is 12.6. The van der Waals surface area contributed by atoms with Crippen molar-refractivity contribution in [2.24, 2.45) is 5.41 Å². The Morgan fingerprint density at radius 2 is 1.84 bits per heavy atom. The van der Waals surface area contributed by atoms with E-state index in [1.54, 1.807) is 12.7 Å². The molecule has 0 bridgehead atoms. The summed E-state index contributed by atoms with van der Waals surface area (Å²) in [5, 5.41) is 0. The average Bonchev–Trinajstić information content (AvgIpc) is 2.39. The third-order valence-corrected chi connectivity index (χ3v) is 3.76. The van der Waals surface area contributed by atoms with Gasteiger partial charge in [-0.1, -0.05) is 44.6 Å². The lowest BCUT2D eigenvalue weighted by molar-refractivity contribution is 0.258. The van der Waals surface area contributed by atoms with Gasteiger partial charge in [-0.05, 0) is 29.5 Å². The second-order valence-corrected chi connectivity index (χ2v) is 6.33. The van der Waals surface area contributed by atoms with Crippen LogP contribution in [0.1, 0.15) is 32.8 Å². The minimum Gasteiger partial charge on any atom is -0.497 e. The van der Waals surface area contributed by atoms with Crippen LogP contribution in [0.15, 0.2) is 35.9 Å². The second-order valence-electron chi connectivity index (χ2n) is 6.33. The first kappa shape index (κ1) is 14.1. The van der Waals surface area contributed by atoms with Gasteiger partial charge in [-0.3, -0.25) is 4.90 Å². The molecule has 19 heavy (non-hydrogen) atoms. The monoisotopic (exact) mass is 259 g/mol. The summed E-state index contributed by atoms with van der Waals surface area (Å²) in [5.74, 6) is 0.928. The van der Waals surface area contributed by atoms with E-state index in [-0.39, 0.29) is 0 Å². The molecule has 1 aromatic rings. The Kier molecular flexibility index (Phi) is 4.31. The SMILES string of the molecule is COc1ccc(CN2CCC=C(C(C)(C)C)C2)cc1. The maximum atomic E-state index is 5.20. The van der Waals surface area contributed by atoms with Crippen LogP contribution in [0.2, 0.25) is 0 Å². The predicted molar refractivity (Wildman–Crippen MR) is 80.4 cm³/mol. The lowest BCUT2D eigenvalue weighted by Crippen LogP contribution is -2.33. The van der Waals surface area contributed by atoms with Crippen molar-refractivity contribution in [2.75, 3.05) is 20.2 Å². The molecule has 2 heteroatoms. The van der Waals surface area contributed by atoms with E-state index in [2.05, 4.69) is 43.9 Å². The van der Waals surface area contributed by atoms with Gasteiger partial charge in [0.25, 0.3) is 0 Å². The highest BCUT2D eigenvalue weighted by atomic mass is 16.5. The van der Waals surface area contributed by atoms with Gasteiger partial charge in [-0.25, -0.2) is 0 Å². The second kappa shape index (κ2) is 5.79. The number of rotatable bonds is 3. The first-order valence-electron chi connectivity index (χ1n) is 7.04. The van der Waals surface area contributed by atoms with Crippen molar-refractivity contribution in [3.8, 4) is 5.75 Å². The number of ether oxygens (including phenoxy) is 1. The van der Waals surface area contributed by atoms with Crippen LogP contribution < -0.4 is 4.74 Å². The molecular formula is C17H25NO. The fraction of sp³-hybridized carbons (Fsp3) is 0.529. The van der Waals surface area contributed by atoms with E-state index >= 15 is 0 Å². The topological polar surface area (TPSA) is 12.5 Å². The number of benzene rings is 1. The van der Waals surface area contributed by atoms with E-state index in [4.69, 9.17) is 4.74 Å². The van der Waals surface area contributed by atoms with Crippen LogP contribution in [-0.4, -0.2) is 25.1 Å². The summed E-state index contributed by atoms with van der Waals surface area (Å²) < 4.78 is 5.20. The van der Waals surface area contributed by atoms with Crippen LogP contribution in [0, 0.1) is 5.41 Å². The molecule has 0 spiro atoms. The molecule has 0 N–H and O–H groups in total. The van der Waals surface area contributed by atoms with Crippen LogP contribution in [0.5, 0.6) is 5.75 Å². The highest BCUT2D eigenvalue weighted by Gasteiger charge is 2.22. The molecule has 1 aliphatic rings. The van der Waals surface area contributed by atoms with Gasteiger partial charge < -0.3 is 4.74 Å². The maximum Gasteiger partial charge on any atom is 0.118 e. The van der Waals surface area contributed by atoms with Gasteiger partial charge in [0.2, 0.25) is 0 Å². The highest BCUT2D eigenvalue weighted by molar-refractivity contribution is 5.27. The molecule has 0 saturated heterocycles. The standard InChI is InChI=1S/C17H25NO/c1-17(2,3)15-6-5-11-18(13-15)12-14-7-9-16(19-4)10-8-14/h6-10H,5,11-13H2,1-4H3. The third-order valence-electron chi connectivity index (χ3n) is 3.76. The molecule has 2 rings (SSSR count). The van der Waals surface area contributed by atoms with Crippen molar-refractivity contribution < 1.29 is 4.74 Å². The van der Waals surface area contributed by atoms with Gasteiger partial charge in [0.15, 0.2) is 0 Å². The molecule has 0 fully saturated rings. The first-order chi connectivity index (χ1) is 8.99. The highest BCUT2D eigenvalue weighted by Crippen LogP contribution is 2.29. The largest absolute Gasteiger partial charge is 0.497 e. The fourth-order valence-corrected chi connectivity index (χ4v) is 2.47. The van der Waals surface area contributed by atoms with Crippen LogP contribution >= 0.6 is 0 Å². The molecule has 0 aromatic heterocycles. The Bertz CT molecular complexity index is 439. The Labute approximate surface area is 117 Å². The predicted octanol–water partition coefficient (Wildman–Crippen LogP) is 3.87. The van der Waals surface area contributed by atoms with Gasteiger partial charge >= 0.3 is 0 Å². The summed E-state index contributed by atoms with van der Waals surface area (Å²) in [6, 6.07) is 8.40. The van der Waals surface area contributed by atoms with E-state index in [1.807, 2.05) is 12.1 Å². The Hall–Kier alpha value is -1.28. The molecule has 0 unspecified atom stereocenters. The molecule has 1 aromatic carbocycles. The van der Waals surface area contributed by atoms with Gasteiger partial charge in [0, 0.05) is 19.6 Å². The average molecular weight is 259 g/mol. The van der Waals surface area contributed by atoms with Gasteiger partial charge in [0.1, 0.15) is 5.75 Å². The van der Waals surface area contributed by atoms with Crippen LogP contribution in [0.4, 0.5) is 0 Å². The van der Waals surface area contributed by atoms with Crippen molar-refractivity contribution in [1.82, 2.24) is 4.90 Å². The van der Waals surface area contributed by atoms with Crippen LogP contribution in [0.25, 0.3) is 0 Å². The van der Waals surface area contributed by atoms with E-state index in [0.717, 1.165) is 25.4 Å². The van der Waals surface area contributed by atoms with Gasteiger partial charge in [-0.2, -0.15) is 0 Å². The first-order valence-corrected chi connectivity index (χ1v) is 7.04. The van der Waals surface area contributed by atoms with E-state index < -0.39 is 0 Å². The smallest absolute Gasteiger partial charge is 0.118 e. The normalized spacial score (nSPS) is 17.2. The van der Waals surface area contributed by atoms with Crippen molar-refractivity contribution in [3.63, 3.8) is 0 Å². The molecular weight excluding hydrogens is 234 g/mol. The van der Waals surface area contributed by atoms with Crippen molar-refractivity contribution >= 4 is 0 Å². The summed E-state index contributed by atoms with van der Waals surface area (Å²) in [5.41, 5.74) is 3.21. The van der Waals surface area contributed by atoms with Gasteiger partial charge in [-0.15, -0.1) is 0 Å². The molecule has 0 amide bonds. The minimum atomic E-state index is 0.290. The lowest BCUT2D eigenvalue weighted by atomic mass is 9.84. The van der Waals surface area contributed by atoms with E-state index in [9.17, 15) is 0 Å². The van der Waals surface area contributed by atoms with Crippen LogP contribution in [0.3, 0.4) is 0 Å². The number of methoxy groups -OCH3 is 1. The molecule has 1 heterocycles. The molecule has 1 aliphatic heterocycles. The molecule has 0 atom stereocenters. The number of nitrogens with zero attached hydrogens (tertiary/aromatic N) is 1. The molecule has 0 aliphatic carbocycles. The molecule has 2 nitrogen and oxygen atoms in total. The summed E-state index contributed by atoms with van der Waals surface area (Å²) in [7, 11) is 1.71. The Balaban J connectivity index is 1.98. The number of hydrogen-bond donors (Lipinski definition) is 0. The third kappa shape index (κ3) is 3.84. The van der Waals surface area contributed by atoms with Gasteiger partial charge in [0.05, 0.1) is 7.11 Å². The zero-order valence-electron chi connectivity index (χ0n) is 12.6. The van der Waals surface area contributed by atoms with Crippen LogP contribution in [-0.2, 0) is 6.54 Å². The van der Waals surface area contributed by atoms with Crippen molar-refractivity contribution in [1.29, 1.82) is 0 Å². The molecule has 0 saturated carbocycles. The maximum absolute atomic E-state index is 5.20. The molecule has 104 valence electrons. The lowest BCUT2D eigenvalue weighted by Gasteiger charge is -2.33. The quantitative estimate of drug-likeness (QED) is 0.764. The summed E-state index contributed by atoms with van der Waals surface area (Å²) in [6.45, 7) is 10.2. The van der Waals surface area contributed by atoms with Crippen molar-refractivity contribution in [2.45, 2.75) is 33.7 Å². The summed E-state index contributed by atoms with van der Waals surface area (Å²) in [4.78, 5) is 2.53. The summed E-state index contributed by atoms with van der Waals surface area (Å²) in [6.07, 6.45) is 3.59. The Morgan fingerprint density at radius 3 is 2.42 bits per heavy atom. The van der Waals surface area contributed by atoms with E-state index in [0.29, 0.717) is 5.41 Å². The minimum absolute atomic E-state index is 0.290. The summed E-state index contributed by atoms with van der Waals surface area (Å²) >= 11 is 0. The van der Waals surface area contributed by atoms with Crippen molar-refractivity contribution in [3.05, 3.63) is 41.5 Å². The fourth-order valence-electron chi connectivity index (χ4n) is 2.47. The zero-order chi connectivity index (χ0) is 13.9. The molecule has 0 radical (unpaired) electrons. The Morgan fingerprint density at radius 1 is 1.16 bits per heavy atom. The number of hydrogen-bond acceptors (Lipinski definition) is 2. The van der Waals surface area contributed by atoms with E-state index in [1.165, 1.54) is 12.0 Å².